The lowest BCUT2D eigenvalue weighted by Crippen LogP contribution is -2.06. The van der Waals surface area contributed by atoms with E-state index in [1.54, 1.807) is 0 Å². The van der Waals surface area contributed by atoms with Crippen LogP contribution >= 0.6 is 0 Å². The Morgan fingerprint density at radius 3 is 2.26 bits per heavy atom. The number of ether oxygens (including phenoxy) is 2. The largest absolute Gasteiger partial charge is 0.493 e. The number of hydrogen-bond donors (Lipinski definition) is 1. The van der Waals surface area contributed by atoms with Crippen LogP contribution in [0.5, 0.6) is 11.5 Å². The van der Waals surface area contributed by atoms with Gasteiger partial charge in [-0.15, -0.1) is 0 Å². The molecule has 0 atom stereocenters. The lowest BCUT2D eigenvalue weighted by molar-refractivity contribution is 0.236. The summed E-state index contributed by atoms with van der Waals surface area (Å²) in [4.78, 5) is 0. The summed E-state index contributed by atoms with van der Waals surface area (Å²) in [6.07, 6.45) is 0.800. The molecular weight excluding hydrogens is 240 g/mol. The lowest BCUT2D eigenvalue weighted by Gasteiger charge is -2.10. The molecule has 0 radical (unpaired) electrons. The van der Waals surface area contributed by atoms with Gasteiger partial charge in [-0.25, -0.2) is 0 Å². The average molecular weight is 258 g/mol. The van der Waals surface area contributed by atoms with E-state index >= 15 is 0 Å². The van der Waals surface area contributed by atoms with Crippen molar-refractivity contribution in [1.29, 1.82) is 0 Å². The zero-order valence-corrected chi connectivity index (χ0v) is 10.8. The Hall–Kier alpha value is -2.00. The predicted molar refractivity (Wildman–Crippen MR) is 74.4 cm³/mol. The normalized spacial score (nSPS) is 10.2. The summed E-state index contributed by atoms with van der Waals surface area (Å²) in [6.45, 7) is 1.19. The Labute approximate surface area is 113 Å². The van der Waals surface area contributed by atoms with Crippen LogP contribution in [0.3, 0.4) is 0 Å². The molecule has 2 aromatic rings. The molecule has 0 aliphatic heterocycles. The van der Waals surface area contributed by atoms with E-state index in [0.29, 0.717) is 13.2 Å². The maximum absolute atomic E-state index is 9.17. The van der Waals surface area contributed by atoms with Crippen LogP contribution in [-0.4, -0.2) is 18.3 Å². The highest BCUT2D eigenvalue weighted by Crippen LogP contribution is 2.17. The first kappa shape index (κ1) is 13.4. The van der Waals surface area contributed by atoms with Crippen LogP contribution in [0.4, 0.5) is 0 Å². The van der Waals surface area contributed by atoms with Gasteiger partial charge >= 0.3 is 0 Å². The quantitative estimate of drug-likeness (QED) is 0.776. The van der Waals surface area contributed by atoms with Crippen molar-refractivity contribution in [3.05, 3.63) is 60.2 Å². The predicted octanol–water partition coefficient (Wildman–Crippen LogP) is 3.03. The molecule has 2 rings (SSSR count). The van der Waals surface area contributed by atoms with Crippen molar-refractivity contribution < 1.29 is 14.6 Å². The standard InChI is InChI=1S/C16H18O3/c17-13-14-7-4-5-10-16(14)19-12-6-11-18-15-8-2-1-3-9-15/h1-5,7-10,17H,6,11-13H2. The Morgan fingerprint density at radius 2 is 1.47 bits per heavy atom. The molecule has 0 fully saturated rings. The van der Waals surface area contributed by atoms with E-state index in [1.807, 2.05) is 54.6 Å². The molecule has 0 saturated heterocycles. The first-order valence-corrected chi connectivity index (χ1v) is 6.39. The SMILES string of the molecule is OCc1ccccc1OCCCOc1ccccc1. The summed E-state index contributed by atoms with van der Waals surface area (Å²) >= 11 is 0. The second-order valence-electron chi connectivity index (χ2n) is 4.13. The van der Waals surface area contributed by atoms with Crippen LogP contribution in [0.1, 0.15) is 12.0 Å². The van der Waals surface area contributed by atoms with Crippen molar-refractivity contribution in [3.63, 3.8) is 0 Å². The molecule has 1 N–H and O–H groups in total. The van der Waals surface area contributed by atoms with E-state index in [2.05, 4.69) is 0 Å². The highest BCUT2D eigenvalue weighted by molar-refractivity contribution is 5.32. The Morgan fingerprint density at radius 1 is 0.789 bits per heavy atom. The molecule has 0 amide bonds. The highest BCUT2D eigenvalue weighted by Gasteiger charge is 2.01. The Kier molecular flexibility index (Phi) is 5.26. The lowest BCUT2D eigenvalue weighted by atomic mass is 10.2. The van der Waals surface area contributed by atoms with Gasteiger partial charge in [0.1, 0.15) is 11.5 Å². The summed E-state index contributed by atoms with van der Waals surface area (Å²) in [6, 6.07) is 17.2. The van der Waals surface area contributed by atoms with Crippen LogP contribution < -0.4 is 9.47 Å². The fourth-order valence-electron chi connectivity index (χ4n) is 1.72. The van der Waals surface area contributed by atoms with Crippen LogP contribution in [0, 0.1) is 0 Å². The van der Waals surface area contributed by atoms with Gasteiger partial charge in [0.05, 0.1) is 19.8 Å². The van der Waals surface area contributed by atoms with E-state index in [-0.39, 0.29) is 6.61 Å². The molecular formula is C16H18O3. The van der Waals surface area contributed by atoms with E-state index < -0.39 is 0 Å². The number of aliphatic hydroxyl groups excluding tert-OH is 1. The van der Waals surface area contributed by atoms with Gasteiger partial charge in [-0.05, 0) is 18.2 Å². The molecule has 3 heteroatoms. The van der Waals surface area contributed by atoms with Gasteiger partial charge in [0.25, 0.3) is 0 Å². The van der Waals surface area contributed by atoms with Crippen LogP contribution in [0.25, 0.3) is 0 Å². The minimum Gasteiger partial charge on any atom is -0.493 e. The third-order valence-corrected chi connectivity index (χ3v) is 2.70. The maximum Gasteiger partial charge on any atom is 0.124 e. The molecule has 0 saturated carbocycles. The summed E-state index contributed by atoms with van der Waals surface area (Å²) in [5.74, 6) is 1.61. The third-order valence-electron chi connectivity index (χ3n) is 2.70. The molecule has 0 aromatic heterocycles. The molecule has 0 aliphatic carbocycles. The zero-order chi connectivity index (χ0) is 13.3. The van der Waals surface area contributed by atoms with Crippen LogP contribution in [0.15, 0.2) is 54.6 Å². The molecule has 0 bridgehead atoms. The smallest absolute Gasteiger partial charge is 0.124 e. The number of hydrogen-bond acceptors (Lipinski definition) is 3. The summed E-state index contributed by atoms with van der Waals surface area (Å²) < 4.78 is 11.2. The van der Waals surface area contributed by atoms with Crippen molar-refractivity contribution in [3.8, 4) is 11.5 Å². The van der Waals surface area contributed by atoms with Crippen molar-refractivity contribution in [2.45, 2.75) is 13.0 Å². The van der Waals surface area contributed by atoms with Crippen LogP contribution in [0.2, 0.25) is 0 Å². The molecule has 19 heavy (non-hydrogen) atoms. The number of para-hydroxylation sites is 2. The first-order chi connectivity index (χ1) is 9.40. The van der Waals surface area contributed by atoms with E-state index in [0.717, 1.165) is 23.5 Å². The number of rotatable bonds is 7. The zero-order valence-electron chi connectivity index (χ0n) is 10.8. The van der Waals surface area contributed by atoms with Gasteiger partial charge in [-0.3, -0.25) is 0 Å². The Bertz CT molecular complexity index is 482. The van der Waals surface area contributed by atoms with Gasteiger partial charge < -0.3 is 14.6 Å². The second kappa shape index (κ2) is 7.44. The molecule has 100 valence electrons. The van der Waals surface area contributed by atoms with Gasteiger partial charge in [-0.2, -0.15) is 0 Å². The molecule has 2 aromatic carbocycles. The van der Waals surface area contributed by atoms with Crippen molar-refractivity contribution >= 4 is 0 Å². The fraction of sp³-hybridized carbons (Fsp3) is 0.250. The van der Waals surface area contributed by atoms with Gasteiger partial charge in [0, 0.05) is 12.0 Å². The number of benzene rings is 2. The van der Waals surface area contributed by atoms with Gasteiger partial charge in [-0.1, -0.05) is 36.4 Å². The summed E-state index contributed by atoms with van der Waals surface area (Å²) in [5, 5.41) is 9.17. The molecule has 3 nitrogen and oxygen atoms in total. The van der Waals surface area contributed by atoms with Gasteiger partial charge in [0.2, 0.25) is 0 Å². The maximum atomic E-state index is 9.17. The average Bonchev–Trinajstić information content (AvgIpc) is 2.48. The minimum atomic E-state index is -0.00329. The first-order valence-electron chi connectivity index (χ1n) is 6.39. The fourth-order valence-corrected chi connectivity index (χ4v) is 1.72. The summed E-state index contributed by atoms with van der Waals surface area (Å²) in [7, 11) is 0. The molecule has 0 aliphatic rings. The Balaban J connectivity index is 1.69. The van der Waals surface area contributed by atoms with Crippen LogP contribution in [-0.2, 0) is 6.61 Å². The minimum absolute atomic E-state index is 0.00329. The monoisotopic (exact) mass is 258 g/mol. The van der Waals surface area contributed by atoms with E-state index in [9.17, 15) is 0 Å². The van der Waals surface area contributed by atoms with E-state index in [1.165, 1.54) is 0 Å². The topological polar surface area (TPSA) is 38.7 Å². The molecule has 0 unspecified atom stereocenters. The number of aliphatic hydroxyl groups is 1. The molecule has 0 heterocycles. The second-order valence-corrected chi connectivity index (χ2v) is 4.13. The molecule has 0 spiro atoms. The van der Waals surface area contributed by atoms with Crippen molar-refractivity contribution in [2.75, 3.05) is 13.2 Å². The highest BCUT2D eigenvalue weighted by atomic mass is 16.5. The van der Waals surface area contributed by atoms with E-state index in [4.69, 9.17) is 14.6 Å². The third kappa shape index (κ3) is 4.30. The van der Waals surface area contributed by atoms with Gasteiger partial charge in [0.15, 0.2) is 0 Å². The summed E-state index contributed by atoms with van der Waals surface area (Å²) in [5.41, 5.74) is 0.812. The van der Waals surface area contributed by atoms with Crippen molar-refractivity contribution in [2.24, 2.45) is 0 Å². The van der Waals surface area contributed by atoms with Crippen molar-refractivity contribution in [1.82, 2.24) is 0 Å².